The maximum absolute atomic E-state index is 13.3. The van der Waals surface area contributed by atoms with Gasteiger partial charge in [0, 0.05) is 16.9 Å². The van der Waals surface area contributed by atoms with Gasteiger partial charge in [-0.15, -0.1) is 0 Å². The molecule has 32 heavy (non-hydrogen) atoms. The normalized spacial score (nSPS) is 15.2. The molecule has 3 aromatic rings. The number of methoxy groups -OCH3 is 1. The van der Waals surface area contributed by atoms with Crippen molar-refractivity contribution < 1.29 is 17.9 Å². The third kappa shape index (κ3) is 4.59. The monoisotopic (exact) mass is 454 g/mol. The van der Waals surface area contributed by atoms with Gasteiger partial charge in [0.25, 0.3) is 0 Å². The van der Waals surface area contributed by atoms with E-state index in [0.717, 1.165) is 65.4 Å². The lowest BCUT2D eigenvalue weighted by Gasteiger charge is -2.23. The van der Waals surface area contributed by atoms with Gasteiger partial charge < -0.3 is 9.72 Å². The van der Waals surface area contributed by atoms with Crippen LogP contribution in [-0.4, -0.2) is 32.5 Å². The second kappa shape index (κ2) is 9.46. The highest BCUT2D eigenvalue weighted by Crippen LogP contribution is 2.33. The number of hydrogen-bond acceptors (Lipinski definition) is 4. The number of aryl methyl sites for hydroxylation is 1. The van der Waals surface area contributed by atoms with E-state index in [2.05, 4.69) is 9.71 Å². The first-order valence-corrected chi connectivity index (χ1v) is 12.7. The molecule has 0 radical (unpaired) electrons. The molecule has 1 aromatic heterocycles. The lowest BCUT2D eigenvalue weighted by molar-refractivity contribution is -0.139. The summed E-state index contributed by atoms with van der Waals surface area (Å²) < 4.78 is 34.5. The molecule has 2 N–H and O–H groups in total. The third-order valence-corrected chi connectivity index (χ3v) is 7.92. The number of esters is 1. The van der Waals surface area contributed by atoms with Crippen LogP contribution in [0.2, 0.25) is 0 Å². The van der Waals surface area contributed by atoms with Crippen LogP contribution in [0.15, 0.2) is 47.4 Å². The number of aromatic nitrogens is 1. The van der Waals surface area contributed by atoms with Crippen molar-refractivity contribution in [2.45, 2.75) is 62.8 Å². The third-order valence-electron chi connectivity index (χ3n) is 6.32. The van der Waals surface area contributed by atoms with Gasteiger partial charge in [-0.3, -0.25) is 4.79 Å². The van der Waals surface area contributed by atoms with Crippen molar-refractivity contribution in [3.8, 4) is 11.3 Å². The summed E-state index contributed by atoms with van der Waals surface area (Å²) in [6.45, 7) is 1.96. The van der Waals surface area contributed by atoms with Crippen molar-refractivity contribution >= 4 is 26.9 Å². The van der Waals surface area contributed by atoms with Crippen molar-refractivity contribution in [1.82, 2.24) is 9.71 Å². The minimum atomic E-state index is -3.66. The fourth-order valence-corrected chi connectivity index (χ4v) is 6.24. The Labute approximate surface area is 189 Å². The van der Waals surface area contributed by atoms with Gasteiger partial charge in [0.05, 0.1) is 24.1 Å². The molecule has 4 rings (SSSR count). The van der Waals surface area contributed by atoms with Crippen molar-refractivity contribution in [2.24, 2.45) is 0 Å². The highest BCUT2D eigenvalue weighted by molar-refractivity contribution is 7.89. The molecule has 6 nitrogen and oxygen atoms in total. The number of hydrogen-bond donors (Lipinski definition) is 2. The van der Waals surface area contributed by atoms with Crippen LogP contribution in [0.3, 0.4) is 0 Å². The average molecular weight is 455 g/mol. The topological polar surface area (TPSA) is 88.3 Å². The number of nitrogens with one attached hydrogen (secondary N) is 2. The summed E-state index contributed by atoms with van der Waals surface area (Å²) in [5.41, 5.74) is 3.96. The highest BCUT2D eigenvalue weighted by atomic mass is 32.2. The van der Waals surface area contributed by atoms with E-state index in [9.17, 15) is 13.2 Å². The Morgan fingerprint density at radius 1 is 1.12 bits per heavy atom. The zero-order chi connectivity index (χ0) is 22.7. The van der Waals surface area contributed by atoms with Gasteiger partial charge >= 0.3 is 5.97 Å². The van der Waals surface area contributed by atoms with E-state index in [4.69, 9.17) is 4.74 Å². The highest BCUT2D eigenvalue weighted by Gasteiger charge is 2.25. The first-order chi connectivity index (χ1) is 15.4. The Morgan fingerprint density at radius 3 is 2.59 bits per heavy atom. The minimum absolute atomic E-state index is 0.00919. The lowest BCUT2D eigenvalue weighted by atomic mass is 9.96. The van der Waals surface area contributed by atoms with Crippen LogP contribution in [0, 0.1) is 0 Å². The molecule has 7 heteroatoms. The van der Waals surface area contributed by atoms with Gasteiger partial charge in [0.1, 0.15) is 0 Å². The first kappa shape index (κ1) is 22.6. The maximum Gasteiger partial charge on any atom is 0.310 e. The van der Waals surface area contributed by atoms with Crippen LogP contribution in [0.1, 0.15) is 50.2 Å². The van der Waals surface area contributed by atoms with E-state index in [0.29, 0.717) is 11.3 Å². The summed E-state index contributed by atoms with van der Waals surface area (Å²) >= 11 is 0. The van der Waals surface area contributed by atoms with E-state index >= 15 is 0 Å². The SMILES string of the molecule is CCc1ccc(-c2[nH]c3ccccc3c2CC(=O)OC)cc1S(=O)(=O)NC1CCCCC1. The fourth-order valence-electron chi connectivity index (χ4n) is 4.60. The van der Waals surface area contributed by atoms with Gasteiger partial charge in [-0.2, -0.15) is 0 Å². The van der Waals surface area contributed by atoms with Gasteiger partial charge in [0.2, 0.25) is 10.0 Å². The van der Waals surface area contributed by atoms with E-state index in [1.807, 2.05) is 43.3 Å². The zero-order valence-corrected chi connectivity index (χ0v) is 19.4. The number of carbonyl (C=O) groups is 1. The molecule has 0 saturated heterocycles. The summed E-state index contributed by atoms with van der Waals surface area (Å²) in [6, 6.07) is 13.3. The molecule has 0 atom stereocenters. The van der Waals surface area contributed by atoms with E-state index in [-0.39, 0.29) is 18.4 Å². The number of para-hydroxylation sites is 1. The van der Waals surface area contributed by atoms with Crippen molar-refractivity contribution in [3.63, 3.8) is 0 Å². The Morgan fingerprint density at radius 2 is 1.88 bits per heavy atom. The molecular weight excluding hydrogens is 424 g/mol. The summed E-state index contributed by atoms with van der Waals surface area (Å²) in [4.78, 5) is 15.8. The summed E-state index contributed by atoms with van der Waals surface area (Å²) in [6.07, 6.45) is 5.75. The molecule has 0 spiro atoms. The van der Waals surface area contributed by atoms with E-state index in [1.54, 1.807) is 6.07 Å². The number of H-pyrrole nitrogens is 1. The summed E-state index contributed by atoms with van der Waals surface area (Å²) in [7, 11) is -2.29. The summed E-state index contributed by atoms with van der Waals surface area (Å²) in [5, 5.41) is 0.928. The number of carbonyl (C=O) groups excluding carboxylic acids is 1. The second-order valence-corrected chi connectivity index (χ2v) is 10.1. The maximum atomic E-state index is 13.3. The molecule has 1 aliphatic rings. The smallest absolute Gasteiger partial charge is 0.310 e. The van der Waals surface area contributed by atoms with Crippen LogP contribution < -0.4 is 4.72 Å². The van der Waals surface area contributed by atoms with Crippen LogP contribution in [-0.2, 0) is 32.4 Å². The van der Waals surface area contributed by atoms with E-state index < -0.39 is 10.0 Å². The van der Waals surface area contributed by atoms with Crippen molar-refractivity contribution in [2.75, 3.05) is 7.11 Å². The van der Waals surface area contributed by atoms with Gasteiger partial charge in [-0.1, -0.05) is 56.5 Å². The van der Waals surface area contributed by atoms with E-state index in [1.165, 1.54) is 7.11 Å². The minimum Gasteiger partial charge on any atom is -0.469 e. The van der Waals surface area contributed by atoms with Crippen LogP contribution in [0.4, 0.5) is 0 Å². The average Bonchev–Trinajstić information content (AvgIpc) is 3.17. The van der Waals surface area contributed by atoms with Crippen molar-refractivity contribution in [3.05, 3.63) is 53.6 Å². The molecule has 0 bridgehead atoms. The predicted octanol–water partition coefficient (Wildman–Crippen LogP) is 4.72. The lowest BCUT2D eigenvalue weighted by Crippen LogP contribution is -2.36. The first-order valence-electron chi connectivity index (χ1n) is 11.2. The number of aromatic amines is 1. The molecule has 1 saturated carbocycles. The Balaban J connectivity index is 1.79. The molecule has 170 valence electrons. The van der Waals surface area contributed by atoms with Crippen LogP contribution in [0.5, 0.6) is 0 Å². The molecule has 0 unspecified atom stereocenters. The predicted molar refractivity (Wildman–Crippen MR) is 126 cm³/mol. The molecule has 1 fully saturated rings. The fraction of sp³-hybridized carbons (Fsp3) is 0.400. The number of rotatable bonds is 7. The molecule has 0 aliphatic heterocycles. The van der Waals surface area contributed by atoms with Crippen LogP contribution >= 0.6 is 0 Å². The van der Waals surface area contributed by atoms with Gasteiger partial charge in [-0.25, -0.2) is 13.1 Å². The number of sulfonamides is 1. The number of fused-ring (bicyclic) bond motifs is 1. The second-order valence-electron chi connectivity index (χ2n) is 8.41. The quantitative estimate of drug-likeness (QED) is 0.506. The van der Waals surface area contributed by atoms with Gasteiger partial charge in [-0.05, 0) is 48.1 Å². The number of ether oxygens (including phenoxy) is 1. The number of benzene rings is 2. The Hall–Kier alpha value is -2.64. The standard InChI is InChI=1S/C25H30N2O4S/c1-3-17-13-14-18(15-23(17)32(29,30)27-19-9-5-4-6-10-19)25-21(16-24(28)31-2)20-11-7-8-12-22(20)26-25/h7-8,11-15,19,26-27H,3-6,9-10,16H2,1-2H3. The largest absolute Gasteiger partial charge is 0.469 e. The van der Waals surface area contributed by atoms with Crippen molar-refractivity contribution in [1.29, 1.82) is 0 Å². The molecule has 0 amide bonds. The Bertz CT molecular complexity index is 1220. The van der Waals surface area contributed by atoms with Crippen LogP contribution in [0.25, 0.3) is 22.2 Å². The Kier molecular flexibility index (Phi) is 6.67. The summed E-state index contributed by atoms with van der Waals surface area (Å²) in [5.74, 6) is -0.340. The zero-order valence-electron chi connectivity index (χ0n) is 18.6. The van der Waals surface area contributed by atoms with Gasteiger partial charge in [0.15, 0.2) is 0 Å². The molecular formula is C25H30N2O4S. The molecule has 1 heterocycles. The molecule has 2 aromatic carbocycles. The molecule has 1 aliphatic carbocycles.